The fraction of sp³-hybridized carbons (Fsp3) is 0.708. The normalized spacial score (nSPS) is 29.7. The molecule has 0 unspecified atom stereocenters. The second-order valence-corrected chi connectivity index (χ2v) is 15.4. The molecule has 0 spiro atoms. The Morgan fingerprint density at radius 2 is 1.75 bits per heavy atom. The lowest BCUT2D eigenvalue weighted by atomic mass is 9.99. The van der Waals surface area contributed by atoms with Gasteiger partial charge in [0.15, 0.2) is 14.1 Å². The van der Waals surface area contributed by atoms with Gasteiger partial charge in [0.05, 0.1) is 26.9 Å². The summed E-state index contributed by atoms with van der Waals surface area (Å²) < 4.78 is 35.6. The van der Waals surface area contributed by atoms with Gasteiger partial charge in [0.2, 0.25) is 5.60 Å². The Labute approximate surface area is 192 Å². The van der Waals surface area contributed by atoms with Crippen LogP contribution in [-0.2, 0) is 39.5 Å². The van der Waals surface area contributed by atoms with E-state index in [1.165, 1.54) is 7.11 Å². The summed E-state index contributed by atoms with van der Waals surface area (Å²) in [5, 5.41) is 0.0114. The third-order valence-corrected chi connectivity index (χ3v) is 11.1. The Balaban J connectivity index is 1.69. The Morgan fingerprint density at radius 1 is 1.09 bits per heavy atom. The van der Waals surface area contributed by atoms with Crippen LogP contribution in [0.25, 0.3) is 0 Å². The monoisotopic (exact) mass is 466 g/mol. The van der Waals surface area contributed by atoms with Crippen LogP contribution < -0.4 is 0 Å². The summed E-state index contributed by atoms with van der Waals surface area (Å²) in [6.45, 7) is 15.4. The lowest BCUT2D eigenvalue weighted by molar-refractivity contribution is -0.153. The molecule has 2 saturated heterocycles. The van der Waals surface area contributed by atoms with Gasteiger partial charge in [-0.05, 0) is 37.5 Å². The molecule has 32 heavy (non-hydrogen) atoms. The minimum atomic E-state index is -2.09. The first-order valence-electron chi connectivity index (χ1n) is 11.2. The van der Waals surface area contributed by atoms with Crippen molar-refractivity contribution in [1.29, 1.82) is 0 Å². The Hall–Kier alpha value is -1.29. The lowest BCUT2D eigenvalue weighted by Gasteiger charge is -2.36. The molecule has 0 N–H and O–H groups in total. The number of rotatable bonds is 9. The highest BCUT2D eigenvalue weighted by atomic mass is 28.4. The first-order chi connectivity index (χ1) is 14.8. The first kappa shape index (κ1) is 25.3. The van der Waals surface area contributed by atoms with Crippen molar-refractivity contribution in [3.05, 3.63) is 35.9 Å². The highest BCUT2D eigenvalue weighted by Gasteiger charge is 2.71. The molecular formula is C24H38O7Si. The van der Waals surface area contributed by atoms with Crippen molar-refractivity contribution >= 4 is 14.3 Å². The van der Waals surface area contributed by atoms with Gasteiger partial charge in [-0.1, -0.05) is 51.1 Å². The van der Waals surface area contributed by atoms with Crippen LogP contribution in [-0.4, -0.2) is 64.3 Å². The zero-order chi connectivity index (χ0) is 23.8. The Morgan fingerprint density at radius 3 is 2.34 bits per heavy atom. The van der Waals surface area contributed by atoms with Gasteiger partial charge in [0, 0.05) is 0 Å². The van der Waals surface area contributed by atoms with E-state index in [9.17, 15) is 4.79 Å². The molecule has 0 aromatic heterocycles. The number of hydrogen-bond donors (Lipinski definition) is 0. The summed E-state index contributed by atoms with van der Waals surface area (Å²) in [6, 6.07) is 9.95. The van der Waals surface area contributed by atoms with Crippen molar-refractivity contribution in [2.45, 2.75) is 89.1 Å². The molecule has 1 aromatic rings. The molecule has 0 radical (unpaired) electrons. The predicted molar refractivity (Wildman–Crippen MR) is 123 cm³/mol. The average molecular weight is 467 g/mol. The number of esters is 1. The van der Waals surface area contributed by atoms with Gasteiger partial charge < -0.3 is 28.1 Å². The summed E-state index contributed by atoms with van der Waals surface area (Å²) in [5.74, 6) is -1.25. The summed E-state index contributed by atoms with van der Waals surface area (Å²) in [4.78, 5) is 12.8. The molecule has 2 aliphatic heterocycles. The van der Waals surface area contributed by atoms with Crippen molar-refractivity contribution < 1.29 is 32.9 Å². The van der Waals surface area contributed by atoms with E-state index >= 15 is 0 Å². The van der Waals surface area contributed by atoms with E-state index < -0.39 is 37.9 Å². The zero-order valence-corrected chi connectivity index (χ0v) is 21.6. The van der Waals surface area contributed by atoms with Crippen molar-refractivity contribution in [3.8, 4) is 0 Å². The van der Waals surface area contributed by atoms with E-state index in [0.717, 1.165) is 5.56 Å². The molecule has 0 saturated carbocycles. The maximum absolute atomic E-state index is 12.8. The van der Waals surface area contributed by atoms with Crippen LogP contribution in [0.15, 0.2) is 30.3 Å². The quantitative estimate of drug-likeness (QED) is 0.309. The molecule has 8 heteroatoms. The van der Waals surface area contributed by atoms with Crippen LogP contribution in [0.1, 0.15) is 40.2 Å². The van der Waals surface area contributed by atoms with Crippen molar-refractivity contribution in [2.75, 3.05) is 20.3 Å². The number of epoxide rings is 1. The summed E-state index contributed by atoms with van der Waals surface area (Å²) in [6.07, 6.45) is -1.37. The second kappa shape index (κ2) is 9.16. The Kier molecular flexibility index (Phi) is 7.25. The van der Waals surface area contributed by atoms with Gasteiger partial charge in [-0.3, -0.25) is 0 Å². The summed E-state index contributed by atoms with van der Waals surface area (Å²) in [5.41, 5.74) is -0.104. The van der Waals surface area contributed by atoms with Crippen molar-refractivity contribution in [1.82, 2.24) is 0 Å². The fourth-order valence-electron chi connectivity index (χ4n) is 3.66. The average Bonchev–Trinajstić information content (AvgIpc) is 3.37. The highest BCUT2D eigenvalue weighted by Crippen LogP contribution is 2.48. The number of carbonyl (C=O) groups is 1. The van der Waals surface area contributed by atoms with E-state index in [-0.39, 0.29) is 17.7 Å². The van der Waals surface area contributed by atoms with Crippen LogP contribution in [0.5, 0.6) is 0 Å². The van der Waals surface area contributed by atoms with Gasteiger partial charge in [-0.15, -0.1) is 0 Å². The third kappa shape index (κ3) is 5.43. The molecule has 180 valence electrons. The van der Waals surface area contributed by atoms with Gasteiger partial charge in [0.1, 0.15) is 18.3 Å². The van der Waals surface area contributed by atoms with Crippen LogP contribution in [0.3, 0.4) is 0 Å². The Bertz CT molecular complexity index is 789. The maximum Gasteiger partial charge on any atom is 0.343 e. The SMILES string of the molecule is COC(=O)[C@@]1(CO[Si](C)(C)C(C)(C)C)O[C@H]1[C@@H]1OC(C)(C)O[C@H]1COCc1ccccc1. The molecule has 2 aliphatic rings. The van der Waals surface area contributed by atoms with E-state index in [1.807, 2.05) is 44.2 Å². The molecule has 0 amide bonds. The number of ether oxygens (including phenoxy) is 5. The van der Waals surface area contributed by atoms with Gasteiger partial charge in [0.25, 0.3) is 0 Å². The molecule has 3 rings (SSSR count). The van der Waals surface area contributed by atoms with E-state index in [2.05, 4.69) is 33.9 Å². The molecular weight excluding hydrogens is 428 g/mol. The minimum absolute atomic E-state index is 0.0114. The first-order valence-corrected chi connectivity index (χ1v) is 14.1. The van der Waals surface area contributed by atoms with Gasteiger partial charge >= 0.3 is 5.97 Å². The molecule has 4 atom stereocenters. The molecule has 1 aromatic carbocycles. The summed E-state index contributed by atoms with van der Waals surface area (Å²) >= 11 is 0. The molecule has 0 aliphatic carbocycles. The predicted octanol–water partition coefficient (Wildman–Crippen LogP) is 4.06. The number of hydrogen-bond acceptors (Lipinski definition) is 7. The number of carbonyl (C=O) groups excluding carboxylic acids is 1. The smallest absolute Gasteiger partial charge is 0.343 e. The van der Waals surface area contributed by atoms with Crippen molar-refractivity contribution in [2.24, 2.45) is 0 Å². The largest absolute Gasteiger partial charge is 0.467 e. The van der Waals surface area contributed by atoms with Crippen LogP contribution in [0.2, 0.25) is 18.1 Å². The minimum Gasteiger partial charge on any atom is -0.467 e. The highest BCUT2D eigenvalue weighted by molar-refractivity contribution is 6.74. The van der Waals surface area contributed by atoms with Gasteiger partial charge in [-0.25, -0.2) is 4.79 Å². The zero-order valence-electron chi connectivity index (χ0n) is 20.6. The van der Waals surface area contributed by atoms with Crippen LogP contribution in [0, 0.1) is 0 Å². The van der Waals surface area contributed by atoms with Gasteiger partial charge in [-0.2, -0.15) is 0 Å². The summed E-state index contributed by atoms with van der Waals surface area (Å²) in [7, 11) is -0.724. The number of benzene rings is 1. The van der Waals surface area contributed by atoms with E-state index in [4.69, 9.17) is 28.1 Å². The van der Waals surface area contributed by atoms with E-state index in [1.54, 1.807) is 0 Å². The van der Waals surface area contributed by atoms with E-state index in [0.29, 0.717) is 13.2 Å². The topological polar surface area (TPSA) is 75.8 Å². The molecule has 7 nitrogen and oxygen atoms in total. The third-order valence-electron chi connectivity index (χ3n) is 6.64. The standard InChI is InChI=1S/C24H38O7Si/c1-22(2,3)32(7,8)28-16-24(21(25)26-6)20(31-24)19-18(29-23(4,5)30-19)15-27-14-17-12-10-9-11-13-17/h9-13,18-20H,14-16H2,1-8H3/t18-,19+,20-,24-/m0/s1. The lowest BCUT2D eigenvalue weighted by Crippen LogP contribution is -2.47. The van der Waals surface area contributed by atoms with Crippen molar-refractivity contribution in [3.63, 3.8) is 0 Å². The molecule has 2 heterocycles. The molecule has 0 bridgehead atoms. The number of methoxy groups -OCH3 is 1. The second-order valence-electron chi connectivity index (χ2n) is 10.6. The fourth-order valence-corrected chi connectivity index (χ4v) is 4.67. The van der Waals surface area contributed by atoms with Crippen LogP contribution >= 0.6 is 0 Å². The van der Waals surface area contributed by atoms with Crippen LogP contribution in [0.4, 0.5) is 0 Å². The molecule has 2 fully saturated rings. The maximum atomic E-state index is 12.8.